The van der Waals surface area contributed by atoms with Gasteiger partial charge in [0.15, 0.2) is 17.4 Å². The molecule has 330 valence electrons. The topological polar surface area (TPSA) is 170 Å². The average molecular weight is 815 g/mol. The van der Waals surface area contributed by atoms with Gasteiger partial charge >= 0.3 is 5.97 Å². The molecule has 6 aliphatic rings. The Hall–Kier alpha value is -1.01. The molecule has 14 nitrogen and oxygen atoms in total. The molecule has 0 amide bonds. The van der Waals surface area contributed by atoms with Gasteiger partial charge in [-0.2, -0.15) is 0 Å². The van der Waals surface area contributed by atoms with Crippen molar-refractivity contribution in [3.8, 4) is 0 Å². The van der Waals surface area contributed by atoms with Crippen molar-refractivity contribution in [1.82, 2.24) is 0 Å². The van der Waals surface area contributed by atoms with Crippen molar-refractivity contribution < 1.29 is 67.5 Å². The Morgan fingerprint density at radius 2 is 1.32 bits per heavy atom. The molecule has 0 unspecified atom stereocenters. The highest BCUT2D eigenvalue weighted by molar-refractivity contribution is 5.68. The van der Waals surface area contributed by atoms with Crippen LogP contribution in [0.4, 0.5) is 0 Å². The van der Waals surface area contributed by atoms with Crippen molar-refractivity contribution in [1.29, 1.82) is 0 Å². The number of carbonyl (C=O) groups is 1. The Morgan fingerprint density at radius 1 is 0.702 bits per heavy atom. The van der Waals surface area contributed by atoms with E-state index < -0.39 is 77.4 Å². The molecule has 0 saturated carbocycles. The van der Waals surface area contributed by atoms with Gasteiger partial charge < -0.3 is 62.7 Å². The number of carboxylic acid groups (broad SMARTS) is 1. The van der Waals surface area contributed by atoms with E-state index in [0.717, 1.165) is 12.8 Å². The lowest BCUT2D eigenvalue weighted by Crippen LogP contribution is -2.63. The first-order valence-corrected chi connectivity index (χ1v) is 21.4. The van der Waals surface area contributed by atoms with E-state index in [1.807, 2.05) is 20.8 Å². The van der Waals surface area contributed by atoms with Gasteiger partial charge in [-0.3, -0.25) is 4.79 Å². The van der Waals surface area contributed by atoms with Crippen LogP contribution in [0.15, 0.2) is 0 Å². The maximum Gasteiger partial charge on any atom is 0.308 e. The largest absolute Gasteiger partial charge is 0.481 e. The van der Waals surface area contributed by atoms with Crippen LogP contribution < -0.4 is 0 Å². The van der Waals surface area contributed by atoms with Gasteiger partial charge in [0, 0.05) is 82.7 Å². The van der Waals surface area contributed by atoms with Gasteiger partial charge in [0.1, 0.15) is 6.10 Å². The highest BCUT2D eigenvalue weighted by Gasteiger charge is 2.64. The molecule has 0 radical (unpaired) electrons. The van der Waals surface area contributed by atoms with Gasteiger partial charge in [-0.05, 0) is 40.0 Å². The molecule has 1 spiro atoms. The summed E-state index contributed by atoms with van der Waals surface area (Å²) in [5.74, 6) is -6.75. The molecule has 0 aromatic heterocycles. The van der Waals surface area contributed by atoms with Gasteiger partial charge in [-0.1, -0.05) is 48.5 Å². The number of carboxylic acids is 1. The third-order valence-corrected chi connectivity index (χ3v) is 15.8. The first-order valence-electron chi connectivity index (χ1n) is 21.4. The second-order valence-corrected chi connectivity index (χ2v) is 19.5. The maximum absolute atomic E-state index is 11.9. The van der Waals surface area contributed by atoms with E-state index in [4.69, 9.17) is 47.4 Å². The molecule has 6 rings (SSSR count). The number of hydrogen-bond donors (Lipinski definition) is 3. The van der Waals surface area contributed by atoms with Crippen LogP contribution >= 0.6 is 0 Å². The molecule has 0 aromatic rings. The van der Waals surface area contributed by atoms with Crippen molar-refractivity contribution in [3.63, 3.8) is 0 Å². The molecular formula is C43H74O14. The molecule has 0 aliphatic carbocycles. The Morgan fingerprint density at radius 3 is 1.91 bits per heavy atom. The normalized spacial score (nSPS) is 55.0. The molecule has 6 aliphatic heterocycles. The smallest absolute Gasteiger partial charge is 0.308 e. The van der Waals surface area contributed by atoms with E-state index in [1.165, 1.54) is 0 Å². The van der Waals surface area contributed by atoms with Crippen molar-refractivity contribution >= 4 is 5.97 Å². The van der Waals surface area contributed by atoms with E-state index in [-0.39, 0.29) is 66.0 Å². The lowest BCUT2D eigenvalue weighted by Gasteiger charge is -2.54. The molecule has 0 bridgehead atoms. The molecule has 0 aromatic carbocycles. The fourth-order valence-corrected chi connectivity index (χ4v) is 12.2. The number of methoxy groups -OCH3 is 4. The minimum atomic E-state index is -1.90. The minimum absolute atomic E-state index is 0.0281. The van der Waals surface area contributed by atoms with Gasteiger partial charge in [0.25, 0.3) is 0 Å². The summed E-state index contributed by atoms with van der Waals surface area (Å²) in [5.41, 5.74) is -1.31. The standard InChI is InChI=1S/C43H74O14/c1-21-28(48-11)19-42(55-31(21)22(2)32-23(3)34(50-13)27(7)43(47,56-32)20-30(44)45)18-17-39(8,57-42)29-15-16-40(9,53-29)38-25(5)35(51-14)37(52-38)36-24(4)33(49-12)26(6)41(10,46)54-36/h21-29,31-38,46-47H,15-20H2,1-14H3,(H,44,45)/t21-,22-,23-,24+,25+,26-,27-,28+,29-,31+,32-,33+,34+,35-,36+,37-,38-,39+,40+,41+,42-,43-/m1/s1. The lowest BCUT2D eigenvalue weighted by atomic mass is 9.72. The van der Waals surface area contributed by atoms with E-state index in [0.29, 0.717) is 19.3 Å². The van der Waals surface area contributed by atoms with E-state index in [1.54, 1.807) is 42.3 Å². The molecule has 6 heterocycles. The van der Waals surface area contributed by atoms with Crippen LogP contribution in [0.1, 0.15) is 108 Å². The maximum atomic E-state index is 11.9. The van der Waals surface area contributed by atoms with Crippen LogP contribution in [-0.4, -0.2) is 139 Å². The van der Waals surface area contributed by atoms with Gasteiger partial charge in [-0.25, -0.2) is 0 Å². The molecule has 14 heteroatoms. The third kappa shape index (κ3) is 7.88. The number of rotatable bonds is 11. The minimum Gasteiger partial charge on any atom is -0.481 e. The summed E-state index contributed by atoms with van der Waals surface area (Å²) < 4.78 is 65.1. The Balaban J connectivity index is 1.19. The van der Waals surface area contributed by atoms with Crippen LogP contribution in [0.3, 0.4) is 0 Å². The predicted octanol–water partition coefficient (Wildman–Crippen LogP) is 4.93. The summed E-state index contributed by atoms with van der Waals surface area (Å²) in [5, 5.41) is 32.6. The van der Waals surface area contributed by atoms with E-state index in [2.05, 4.69) is 34.6 Å². The zero-order valence-corrected chi connectivity index (χ0v) is 36.9. The summed E-state index contributed by atoms with van der Waals surface area (Å²) in [6, 6.07) is 0. The van der Waals surface area contributed by atoms with Gasteiger partial charge in [0.2, 0.25) is 0 Å². The van der Waals surface area contributed by atoms with Crippen molar-refractivity contribution in [2.75, 3.05) is 28.4 Å². The van der Waals surface area contributed by atoms with Crippen LogP contribution in [0, 0.1) is 41.4 Å². The number of hydrogen-bond acceptors (Lipinski definition) is 13. The molecule has 6 saturated heterocycles. The fourth-order valence-electron chi connectivity index (χ4n) is 12.2. The van der Waals surface area contributed by atoms with Crippen LogP contribution in [0.2, 0.25) is 0 Å². The van der Waals surface area contributed by atoms with E-state index >= 15 is 0 Å². The zero-order valence-electron chi connectivity index (χ0n) is 36.9. The second kappa shape index (κ2) is 16.4. The summed E-state index contributed by atoms with van der Waals surface area (Å²) in [6.07, 6.45) is -0.662. The monoisotopic (exact) mass is 815 g/mol. The van der Waals surface area contributed by atoms with Gasteiger partial charge in [0.05, 0.1) is 72.6 Å². The first-order chi connectivity index (χ1) is 26.5. The van der Waals surface area contributed by atoms with Crippen molar-refractivity contribution in [3.05, 3.63) is 0 Å². The molecule has 57 heavy (non-hydrogen) atoms. The van der Waals surface area contributed by atoms with Crippen LogP contribution in [0.25, 0.3) is 0 Å². The lowest BCUT2D eigenvalue weighted by molar-refractivity contribution is -0.358. The third-order valence-electron chi connectivity index (χ3n) is 15.8. The number of aliphatic hydroxyl groups is 2. The quantitative estimate of drug-likeness (QED) is 0.257. The Bertz CT molecular complexity index is 1420. The van der Waals surface area contributed by atoms with Crippen LogP contribution in [-0.2, 0) is 52.2 Å². The Kier molecular flexibility index (Phi) is 13.1. The summed E-state index contributed by atoms with van der Waals surface area (Å²) in [7, 11) is 6.69. The van der Waals surface area contributed by atoms with Crippen molar-refractivity contribution in [2.45, 2.75) is 197 Å². The summed E-state index contributed by atoms with van der Waals surface area (Å²) in [6.45, 7) is 20.1. The predicted molar refractivity (Wildman–Crippen MR) is 207 cm³/mol. The highest BCUT2D eigenvalue weighted by Crippen LogP contribution is 2.55. The first kappa shape index (κ1) is 45.5. The molecule has 3 N–H and O–H groups in total. The second-order valence-electron chi connectivity index (χ2n) is 19.5. The highest BCUT2D eigenvalue weighted by atomic mass is 16.7. The zero-order chi connectivity index (χ0) is 42.2. The number of aliphatic carboxylic acids is 1. The fraction of sp³-hybridized carbons (Fsp3) is 0.977. The SMILES string of the molecule is CO[C@@H]1[C@H](C)[C@H]([C@]2(C)CC[C@H]([C@]3(C)CC[C@]4(C[C@H](OC)[C@@H](C)[C@@H]([C@@H](C)[C@H]5O[C@](O)(CC(=O)O)[C@H](C)[C@@H](OC)[C@@H]5C)O4)O3)O2)O[C@H]1[C@H]1O[C@](C)(O)[C@H](C)[C@@H](OC)[C@@H]1C. The van der Waals surface area contributed by atoms with Crippen LogP contribution in [0.5, 0.6) is 0 Å². The molecule has 22 atom stereocenters. The molecule has 6 fully saturated rings. The number of ether oxygens (including phenoxy) is 10. The average Bonchev–Trinajstić information content (AvgIpc) is 3.82. The molecular weight excluding hydrogens is 740 g/mol. The summed E-state index contributed by atoms with van der Waals surface area (Å²) >= 11 is 0. The Labute approximate surface area is 340 Å². The van der Waals surface area contributed by atoms with Crippen molar-refractivity contribution in [2.24, 2.45) is 41.4 Å². The van der Waals surface area contributed by atoms with E-state index in [9.17, 15) is 20.1 Å². The van der Waals surface area contributed by atoms with Gasteiger partial charge in [-0.15, -0.1) is 0 Å². The summed E-state index contributed by atoms with van der Waals surface area (Å²) in [4.78, 5) is 11.9.